The van der Waals surface area contributed by atoms with Crippen LogP contribution >= 0.6 is 0 Å². The van der Waals surface area contributed by atoms with Crippen molar-refractivity contribution in [3.8, 4) is 0 Å². The van der Waals surface area contributed by atoms with E-state index in [0.717, 1.165) is 32.7 Å². The predicted molar refractivity (Wildman–Crippen MR) is 76.3 cm³/mol. The standard InChI is InChI=1S/C15H28N2O3/c1-19-12-15-6-4-10-17(15)13(5-7-15)11-20-14(18)16-8-2-3-9-16/h13-14,18H,2-12H2,1H3/t13-,14?,15-/m1/s1. The van der Waals surface area contributed by atoms with Crippen molar-refractivity contribution in [2.75, 3.05) is 40.0 Å². The van der Waals surface area contributed by atoms with Crippen molar-refractivity contribution in [1.82, 2.24) is 9.80 Å². The Labute approximate surface area is 121 Å². The molecule has 0 spiro atoms. The zero-order chi connectivity index (χ0) is 14.0. The molecule has 0 saturated carbocycles. The molecule has 0 amide bonds. The first-order valence-corrected chi connectivity index (χ1v) is 8.05. The molecule has 3 fully saturated rings. The van der Waals surface area contributed by atoms with Gasteiger partial charge >= 0.3 is 0 Å². The molecule has 0 bridgehead atoms. The van der Waals surface area contributed by atoms with Gasteiger partial charge in [0.1, 0.15) is 0 Å². The highest BCUT2D eigenvalue weighted by Gasteiger charge is 2.49. The minimum absolute atomic E-state index is 0.251. The molecule has 5 nitrogen and oxygen atoms in total. The van der Waals surface area contributed by atoms with E-state index in [1.165, 1.54) is 32.1 Å². The number of ether oxygens (including phenoxy) is 2. The third kappa shape index (κ3) is 2.74. The van der Waals surface area contributed by atoms with E-state index in [-0.39, 0.29) is 5.54 Å². The predicted octanol–water partition coefficient (Wildman–Crippen LogP) is 1.02. The van der Waals surface area contributed by atoms with Crippen LogP contribution in [0, 0.1) is 0 Å². The van der Waals surface area contributed by atoms with Crippen LogP contribution in [0.2, 0.25) is 0 Å². The topological polar surface area (TPSA) is 45.2 Å². The SMILES string of the molecule is COC[C@]12CCCN1[C@@H](COC(O)N1CCCC1)CC2. The van der Waals surface area contributed by atoms with Crippen LogP contribution in [0.25, 0.3) is 0 Å². The first-order valence-electron chi connectivity index (χ1n) is 8.05. The number of aliphatic hydroxyl groups is 1. The maximum absolute atomic E-state index is 10.1. The summed E-state index contributed by atoms with van der Waals surface area (Å²) in [5.41, 5.74) is 0.251. The molecule has 1 unspecified atom stereocenters. The van der Waals surface area contributed by atoms with Crippen LogP contribution in [-0.4, -0.2) is 72.9 Å². The molecule has 116 valence electrons. The fraction of sp³-hybridized carbons (Fsp3) is 1.00. The largest absolute Gasteiger partial charge is 0.383 e. The third-order valence-corrected chi connectivity index (χ3v) is 5.34. The van der Waals surface area contributed by atoms with Gasteiger partial charge in [-0.05, 0) is 45.1 Å². The Balaban J connectivity index is 1.51. The first-order chi connectivity index (χ1) is 9.75. The van der Waals surface area contributed by atoms with Crippen molar-refractivity contribution in [1.29, 1.82) is 0 Å². The second-order valence-corrected chi connectivity index (χ2v) is 6.55. The highest BCUT2D eigenvalue weighted by atomic mass is 16.6. The van der Waals surface area contributed by atoms with Crippen molar-refractivity contribution in [2.45, 2.75) is 56.5 Å². The number of nitrogens with zero attached hydrogens (tertiary/aromatic N) is 2. The first kappa shape index (κ1) is 14.7. The summed E-state index contributed by atoms with van der Waals surface area (Å²) in [6.45, 7) is 4.55. The third-order valence-electron chi connectivity index (χ3n) is 5.34. The lowest BCUT2D eigenvalue weighted by atomic mass is 9.95. The molecule has 20 heavy (non-hydrogen) atoms. The van der Waals surface area contributed by atoms with Gasteiger partial charge in [0.25, 0.3) is 0 Å². The van der Waals surface area contributed by atoms with Crippen molar-refractivity contribution in [2.24, 2.45) is 0 Å². The fourth-order valence-electron chi connectivity index (χ4n) is 4.32. The van der Waals surface area contributed by atoms with Crippen molar-refractivity contribution >= 4 is 0 Å². The molecule has 0 radical (unpaired) electrons. The minimum atomic E-state index is -0.711. The van der Waals surface area contributed by atoms with Gasteiger partial charge in [0.2, 0.25) is 6.41 Å². The molecule has 3 atom stereocenters. The summed E-state index contributed by atoms with van der Waals surface area (Å²) in [6.07, 6.45) is 6.50. The van der Waals surface area contributed by atoms with Crippen LogP contribution in [0.3, 0.4) is 0 Å². The molecule has 3 aliphatic heterocycles. The van der Waals surface area contributed by atoms with Gasteiger partial charge in [-0.25, -0.2) is 0 Å². The van der Waals surface area contributed by atoms with E-state index in [1.54, 1.807) is 7.11 Å². The Kier molecular flexibility index (Phi) is 4.62. The van der Waals surface area contributed by atoms with E-state index in [9.17, 15) is 5.11 Å². The van der Waals surface area contributed by atoms with Crippen molar-refractivity contribution < 1.29 is 14.6 Å². The smallest absolute Gasteiger partial charge is 0.216 e. The molecule has 0 aromatic carbocycles. The van der Waals surface area contributed by atoms with E-state index < -0.39 is 6.41 Å². The van der Waals surface area contributed by atoms with E-state index in [4.69, 9.17) is 9.47 Å². The van der Waals surface area contributed by atoms with Crippen LogP contribution < -0.4 is 0 Å². The molecule has 3 rings (SSSR count). The van der Waals surface area contributed by atoms with Gasteiger partial charge in [-0.15, -0.1) is 0 Å². The van der Waals surface area contributed by atoms with Crippen LogP contribution in [0.1, 0.15) is 38.5 Å². The Morgan fingerprint density at radius 3 is 2.75 bits per heavy atom. The Hall–Kier alpha value is -0.200. The molecule has 1 N–H and O–H groups in total. The average Bonchev–Trinajstić information content (AvgIpc) is 3.13. The molecule has 3 saturated heterocycles. The lowest BCUT2D eigenvalue weighted by molar-refractivity contribution is -0.194. The highest BCUT2D eigenvalue weighted by Crippen LogP contribution is 2.42. The van der Waals surface area contributed by atoms with Gasteiger partial charge in [0.05, 0.1) is 13.2 Å². The van der Waals surface area contributed by atoms with Gasteiger partial charge in [-0.1, -0.05) is 0 Å². The Morgan fingerprint density at radius 1 is 1.20 bits per heavy atom. The minimum Gasteiger partial charge on any atom is -0.383 e. The van der Waals surface area contributed by atoms with Crippen LogP contribution in [0.4, 0.5) is 0 Å². The number of hydrogen-bond donors (Lipinski definition) is 1. The molecule has 0 aromatic heterocycles. The van der Waals surface area contributed by atoms with Crippen molar-refractivity contribution in [3.63, 3.8) is 0 Å². The van der Waals surface area contributed by atoms with Gasteiger partial charge in [0, 0.05) is 31.8 Å². The summed E-state index contributed by atoms with van der Waals surface area (Å²) in [7, 11) is 1.80. The molecular formula is C15H28N2O3. The van der Waals surface area contributed by atoms with Gasteiger partial charge in [-0.3, -0.25) is 9.80 Å². The second kappa shape index (κ2) is 6.28. The molecule has 3 heterocycles. The molecular weight excluding hydrogens is 256 g/mol. The van der Waals surface area contributed by atoms with Crippen LogP contribution in [0.5, 0.6) is 0 Å². The average molecular weight is 284 g/mol. The van der Waals surface area contributed by atoms with E-state index >= 15 is 0 Å². The zero-order valence-corrected chi connectivity index (χ0v) is 12.6. The van der Waals surface area contributed by atoms with E-state index in [1.807, 2.05) is 4.90 Å². The monoisotopic (exact) mass is 284 g/mol. The van der Waals surface area contributed by atoms with Gasteiger partial charge < -0.3 is 14.6 Å². The Bertz CT molecular complexity index is 322. The van der Waals surface area contributed by atoms with Crippen molar-refractivity contribution in [3.05, 3.63) is 0 Å². The fourth-order valence-corrected chi connectivity index (χ4v) is 4.32. The summed E-state index contributed by atoms with van der Waals surface area (Å²) >= 11 is 0. The maximum Gasteiger partial charge on any atom is 0.216 e. The summed E-state index contributed by atoms with van der Waals surface area (Å²) < 4.78 is 11.2. The quantitative estimate of drug-likeness (QED) is 0.738. The zero-order valence-electron chi connectivity index (χ0n) is 12.6. The summed E-state index contributed by atoms with van der Waals surface area (Å²) in [5, 5.41) is 10.1. The molecule has 5 heteroatoms. The van der Waals surface area contributed by atoms with E-state index in [0.29, 0.717) is 12.6 Å². The molecule has 0 aliphatic carbocycles. The Morgan fingerprint density at radius 2 is 2.00 bits per heavy atom. The summed E-state index contributed by atoms with van der Waals surface area (Å²) in [4.78, 5) is 4.61. The highest BCUT2D eigenvalue weighted by molar-refractivity contribution is 5.04. The van der Waals surface area contributed by atoms with Crippen LogP contribution in [-0.2, 0) is 9.47 Å². The van der Waals surface area contributed by atoms with Crippen LogP contribution in [0.15, 0.2) is 0 Å². The molecule has 3 aliphatic rings. The number of hydrogen-bond acceptors (Lipinski definition) is 5. The number of methoxy groups -OCH3 is 1. The number of rotatable bonds is 6. The summed E-state index contributed by atoms with van der Waals surface area (Å²) in [6, 6.07) is 0.449. The van der Waals surface area contributed by atoms with E-state index in [2.05, 4.69) is 4.90 Å². The number of aliphatic hydroxyl groups excluding tert-OH is 1. The number of fused-ring (bicyclic) bond motifs is 1. The lowest BCUT2D eigenvalue weighted by Gasteiger charge is -2.35. The van der Waals surface area contributed by atoms with Gasteiger partial charge in [-0.2, -0.15) is 0 Å². The lowest BCUT2D eigenvalue weighted by Crippen LogP contribution is -2.47. The van der Waals surface area contributed by atoms with Gasteiger partial charge in [0.15, 0.2) is 0 Å². The molecule has 0 aromatic rings. The normalized spacial score (nSPS) is 36.6. The second-order valence-electron chi connectivity index (χ2n) is 6.55. The number of likely N-dealkylation sites (tertiary alicyclic amines) is 1. The maximum atomic E-state index is 10.1. The summed E-state index contributed by atoms with van der Waals surface area (Å²) in [5.74, 6) is 0.